The molecule has 0 aliphatic rings. The molecule has 0 saturated heterocycles. The lowest BCUT2D eigenvalue weighted by Gasteiger charge is -2.09. The van der Waals surface area contributed by atoms with Crippen LogP contribution >= 0.6 is 27.7 Å². The van der Waals surface area contributed by atoms with Gasteiger partial charge in [-0.2, -0.15) is 0 Å². The second-order valence-electron chi connectivity index (χ2n) is 6.18. The molecule has 0 radical (unpaired) electrons. The third kappa shape index (κ3) is 3.14. The van der Waals surface area contributed by atoms with E-state index < -0.39 is 0 Å². The van der Waals surface area contributed by atoms with Gasteiger partial charge in [-0.15, -0.1) is 0 Å². The fourth-order valence-corrected chi connectivity index (χ4v) is 4.52. The summed E-state index contributed by atoms with van der Waals surface area (Å²) in [5.41, 5.74) is 5.07. The van der Waals surface area contributed by atoms with E-state index in [9.17, 15) is 0 Å². The normalized spacial score (nSPS) is 11.2. The Labute approximate surface area is 160 Å². The van der Waals surface area contributed by atoms with E-state index in [2.05, 4.69) is 107 Å². The van der Waals surface area contributed by atoms with Crippen molar-refractivity contribution in [2.45, 2.75) is 16.7 Å². The molecular formula is C22H18BrNS. The van der Waals surface area contributed by atoms with E-state index in [1.54, 1.807) is 0 Å². The molecule has 4 rings (SSSR count). The van der Waals surface area contributed by atoms with Crippen molar-refractivity contribution in [1.29, 1.82) is 0 Å². The van der Waals surface area contributed by atoms with Crippen LogP contribution in [0.1, 0.15) is 5.56 Å². The first-order chi connectivity index (χ1) is 12.1. The van der Waals surface area contributed by atoms with Crippen molar-refractivity contribution in [3.63, 3.8) is 0 Å². The van der Waals surface area contributed by atoms with Gasteiger partial charge in [-0.25, -0.2) is 0 Å². The van der Waals surface area contributed by atoms with Crippen molar-refractivity contribution < 1.29 is 0 Å². The van der Waals surface area contributed by atoms with Gasteiger partial charge in [-0.05, 0) is 42.8 Å². The molecule has 0 aliphatic carbocycles. The van der Waals surface area contributed by atoms with E-state index in [4.69, 9.17) is 0 Å². The topological polar surface area (TPSA) is 4.93 Å². The van der Waals surface area contributed by atoms with Gasteiger partial charge in [0.2, 0.25) is 0 Å². The summed E-state index contributed by atoms with van der Waals surface area (Å²) >= 11 is 5.35. The minimum absolute atomic E-state index is 1.11. The quantitative estimate of drug-likeness (QED) is 0.351. The molecule has 0 N–H and O–H groups in total. The van der Waals surface area contributed by atoms with Gasteiger partial charge in [0.05, 0.1) is 5.69 Å². The third-order valence-corrected chi connectivity index (χ3v) is 6.07. The molecule has 3 heteroatoms. The van der Waals surface area contributed by atoms with E-state index in [0.29, 0.717) is 0 Å². The zero-order valence-electron chi connectivity index (χ0n) is 14.2. The summed E-state index contributed by atoms with van der Waals surface area (Å²) in [7, 11) is 2.16. The largest absolute Gasteiger partial charge is 0.343 e. The van der Waals surface area contributed by atoms with Gasteiger partial charge in [-0.1, -0.05) is 75.7 Å². The van der Waals surface area contributed by atoms with Crippen LogP contribution < -0.4 is 0 Å². The maximum atomic E-state index is 3.52. The lowest BCUT2D eigenvalue weighted by atomic mass is 10.1. The predicted molar refractivity (Wildman–Crippen MR) is 111 cm³/mol. The lowest BCUT2D eigenvalue weighted by Crippen LogP contribution is -1.92. The number of aromatic nitrogens is 1. The third-order valence-electron chi connectivity index (χ3n) is 4.42. The van der Waals surface area contributed by atoms with Crippen LogP contribution in [0.25, 0.3) is 22.2 Å². The molecule has 0 aliphatic heterocycles. The molecule has 0 atom stereocenters. The minimum Gasteiger partial charge on any atom is -0.343 e. The zero-order valence-corrected chi connectivity index (χ0v) is 16.6. The average molecular weight is 408 g/mol. The van der Waals surface area contributed by atoms with Crippen LogP contribution in [-0.4, -0.2) is 4.57 Å². The summed E-state index contributed by atoms with van der Waals surface area (Å²) in [6.45, 7) is 2.13. The van der Waals surface area contributed by atoms with Gasteiger partial charge in [0.25, 0.3) is 0 Å². The monoisotopic (exact) mass is 407 g/mol. The number of fused-ring (bicyclic) bond motifs is 1. The van der Waals surface area contributed by atoms with Crippen LogP contribution in [0.2, 0.25) is 0 Å². The average Bonchev–Trinajstić information content (AvgIpc) is 2.90. The van der Waals surface area contributed by atoms with Crippen LogP contribution in [-0.2, 0) is 7.05 Å². The molecule has 1 nitrogen and oxygen atoms in total. The predicted octanol–water partition coefficient (Wildman–Crippen LogP) is 7.07. The first-order valence-corrected chi connectivity index (χ1v) is 9.82. The number of hydrogen-bond donors (Lipinski definition) is 0. The maximum Gasteiger partial charge on any atom is 0.0630 e. The molecule has 0 spiro atoms. The van der Waals surface area contributed by atoms with Crippen molar-refractivity contribution >= 4 is 38.6 Å². The van der Waals surface area contributed by atoms with Crippen molar-refractivity contribution in [2.75, 3.05) is 0 Å². The second-order valence-corrected chi connectivity index (χ2v) is 8.18. The lowest BCUT2D eigenvalue weighted by molar-refractivity contribution is 0.968. The second kappa shape index (κ2) is 6.74. The molecule has 1 aromatic heterocycles. The van der Waals surface area contributed by atoms with E-state index in [0.717, 1.165) is 4.47 Å². The highest BCUT2D eigenvalue weighted by Crippen LogP contribution is 2.43. The van der Waals surface area contributed by atoms with Crippen molar-refractivity contribution in [3.8, 4) is 11.3 Å². The zero-order chi connectivity index (χ0) is 17.4. The van der Waals surface area contributed by atoms with Crippen molar-refractivity contribution in [2.24, 2.45) is 7.05 Å². The SMILES string of the molecule is Cc1ccc(-c2c(Sc3ccc(Br)cc3)c3ccccc3n2C)cc1. The molecule has 0 saturated carbocycles. The van der Waals surface area contributed by atoms with E-state index in [1.807, 2.05) is 11.8 Å². The Kier molecular flexibility index (Phi) is 4.45. The fourth-order valence-electron chi connectivity index (χ4n) is 3.12. The first kappa shape index (κ1) is 16.5. The summed E-state index contributed by atoms with van der Waals surface area (Å²) in [5.74, 6) is 0. The van der Waals surface area contributed by atoms with Gasteiger partial charge in [0.1, 0.15) is 0 Å². The molecule has 0 amide bonds. The van der Waals surface area contributed by atoms with Crippen LogP contribution in [0.3, 0.4) is 0 Å². The molecule has 0 bridgehead atoms. The summed E-state index contributed by atoms with van der Waals surface area (Å²) < 4.78 is 3.41. The number of para-hydroxylation sites is 1. The number of nitrogens with zero attached hydrogens (tertiary/aromatic N) is 1. The van der Waals surface area contributed by atoms with Crippen molar-refractivity contribution in [3.05, 3.63) is 82.8 Å². The highest BCUT2D eigenvalue weighted by Gasteiger charge is 2.17. The van der Waals surface area contributed by atoms with Crippen LogP contribution in [0.4, 0.5) is 0 Å². The first-order valence-electron chi connectivity index (χ1n) is 8.21. The smallest absolute Gasteiger partial charge is 0.0630 e. The number of hydrogen-bond acceptors (Lipinski definition) is 1. The number of aryl methyl sites for hydroxylation is 2. The van der Waals surface area contributed by atoms with E-state index in [1.165, 1.54) is 37.5 Å². The molecule has 124 valence electrons. The Hall–Kier alpha value is -1.97. The molecule has 0 fully saturated rings. The fraction of sp³-hybridized carbons (Fsp3) is 0.0909. The molecule has 3 aromatic carbocycles. The Bertz CT molecular complexity index is 1030. The van der Waals surface area contributed by atoms with Crippen molar-refractivity contribution in [1.82, 2.24) is 4.57 Å². The van der Waals surface area contributed by atoms with Gasteiger partial charge >= 0.3 is 0 Å². The minimum atomic E-state index is 1.11. The maximum absolute atomic E-state index is 3.52. The number of halogens is 1. The summed E-state index contributed by atoms with van der Waals surface area (Å²) in [6.07, 6.45) is 0. The van der Waals surface area contributed by atoms with Crippen LogP contribution in [0.5, 0.6) is 0 Å². The van der Waals surface area contributed by atoms with E-state index >= 15 is 0 Å². The molecule has 1 heterocycles. The molecule has 25 heavy (non-hydrogen) atoms. The van der Waals surface area contributed by atoms with E-state index in [-0.39, 0.29) is 0 Å². The molecule has 4 aromatic rings. The Morgan fingerprint density at radius 2 is 1.52 bits per heavy atom. The number of benzene rings is 3. The molecule has 0 unspecified atom stereocenters. The summed E-state index contributed by atoms with van der Waals surface area (Å²) in [5, 5.41) is 1.30. The van der Waals surface area contributed by atoms with Crippen LogP contribution in [0, 0.1) is 6.92 Å². The molecular weight excluding hydrogens is 390 g/mol. The standard InChI is InChI=1S/C22H18BrNS/c1-15-7-9-16(10-8-15)21-22(25-18-13-11-17(23)12-14-18)19-5-3-4-6-20(19)24(21)2/h3-14H,1-2H3. The highest BCUT2D eigenvalue weighted by molar-refractivity contribution is 9.10. The van der Waals surface area contributed by atoms with Gasteiger partial charge < -0.3 is 4.57 Å². The highest BCUT2D eigenvalue weighted by atomic mass is 79.9. The summed E-state index contributed by atoms with van der Waals surface area (Å²) in [4.78, 5) is 2.55. The Morgan fingerprint density at radius 1 is 0.840 bits per heavy atom. The number of rotatable bonds is 3. The Balaban J connectivity index is 1.92. The summed E-state index contributed by atoms with van der Waals surface area (Å²) in [6, 6.07) is 25.9. The van der Waals surface area contributed by atoms with Gasteiger partial charge in [-0.3, -0.25) is 0 Å². The van der Waals surface area contributed by atoms with Gasteiger partial charge in [0, 0.05) is 32.2 Å². The van der Waals surface area contributed by atoms with Gasteiger partial charge in [0.15, 0.2) is 0 Å². The van der Waals surface area contributed by atoms with Crippen LogP contribution in [0.15, 0.2) is 87.1 Å². The Morgan fingerprint density at radius 3 is 2.24 bits per heavy atom.